The summed E-state index contributed by atoms with van der Waals surface area (Å²) in [5, 5.41) is 9.82. The van der Waals surface area contributed by atoms with Gasteiger partial charge < -0.3 is 5.11 Å². The Bertz CT molecular complexity index is 688. The monoisotopic (exact) mass is 349 g/mol. The highest BCUT2D eigenvalue weighted by Crippen LogP contribution is 2.40. The van der Waals surface area contributed by atoms with E-state index >= 15 is 0 Å². The number of benzene rings is 1. The molecule has 0 radical (unpaired) electrons. The fourth-order valence-electron chi connectivity index (χ4n) is 1.68. The summed E-state index contributed by atoms with van der Waals surface area (Å²) < 4.78 is 0. The van der Waals surface area contributed by atoms with Crippen molar-refractivity contribution in [1.29, 1.82) is 0 Å². The van der Waals surface area contributed by atoms with Gasteiger partial charge in [-0.15, -0.1) is 0 Å². The molecule has 0 bridgehead atoms. The van der Waals surface area contributed by atoms with E-state index in [1.807, 2.05) is 0 Å². The fraction of sp³-hybridized carbons (Fsp3) is 0.0769. The van der Waals surface area contributed by atoms with Gasteiger partial charge in [-0.1, -0.05) is 46.4 Å². The summed E-state index contributed by atoms with van der Waals surface area (Å²) in [7, 11) is 0. The lowest BCUT2D eigenvalue weighted by Crippen LogP contribution is -2.02. The Morgan fingerprint density at radius 2 is 1.75 bits per heavy atom. The minimum Gasteiger partial charge on any atom is -0.481 e. The van der Waals surface area contributed by atoms with Gasteiger partial charge in [-0.3, -0.25) is 9.78 Å². The molecule has 20 heavy (non-hydrogen) atoms. The third-order valence-electron chi connectivity index (χ3n) is 2.60. The summed E-state index contributed by atoms with van der Waals surface area (Å²) in [6.45, 7) is 0. The zero-order chi connectivity index (χ0) is 14.9. The average molecular weight is 351 g/mol. The molecule has 2 rings (SSSR count). The Balaban J connectivity index is 2.59. The topological polar surface area (TPSA) is 50.2 Å². The van der Waals surface area contributed by atoms with E-state index in [9.17, 15) is 4.79 Å². The minimum atomic E-state index is -0.982. The largest absolute Gasteiger partial charge is 0.481 e. The van der Waals surface area contributed by atoms with Crippen LogP contribution in [0.25, 0.3) is 11.3 Å². The van der Waals surface area contributed by atoms with Crippen LogP contribution in [0.5, 0.6) is 0 Å². The van der Waals surface area contributed by atoms with Gasteiger partial charge in [-0.05, 0) is 23.8 Å². The SMILES string of the molecule is O=C(O)Cc1ccnc(-c2ccc(Cl)c(Cl)c2Cl)c1Cl. The number of rotatable bonds is 3. The van der Waals surface area contributed by atoms with Crippen molar-refractivity contribution in [1.82, 2.24) is 4.98 Å². The summed E-state index contributed by atoms with van der Waals surface area (Å²) in [6, 6.07) is 4.76. The number of carboxylic acid groups (broad SMARTS) is 1. The van der Waals surface area contributed by atoms with E-state index in [2.05, 4.69) is 4.98 Å². The lowest BCUT2D eigenvalue weighted by molar-refractivity contribution is -0.136. The Morgan fingerprint density at radius 3 is 2.40 bits per heavy atom. The summed E-state index contributed by atoms with van der Waals surface area (Å²) in [5.41, 5.74) is 1.32. The van der Waals surface area contributed by atoms with Crippen molar-refractivity contribution >= 4 is 52.4 Å². The molecular weight excluding hydrogens is 344 g/mol. The molecule has 104 valence electrons. The molecule has 0 amide bonds. The predicted octanol–water partition coefficient (Wildman–Crippen LogP) is 4.99. The predicted molar refractivity (Wildman–Crippen MR) is 81.1 cm³/mol. The van der Waals surface area contributed by atoms with E-state index in [-0.39, 0.29) is 21.5 Å². The van der Waals surface area contributed by atoms with E-state index in [1.165, 1.54) is 6.20 Å². The number of aliphatic carboxylic acids is 1. The summed E-state index contributed by atoms with van der Waals surface area (Å²) in [6.07, 6.45) is 1.27. The van der Waals surface area contributed by atoms with Gasteiger partial charge in [0.1, 0.15) is 0 Å². The zero-order valence-corrected chi connectivity index (χ0v) is 12.9. The number of nitrogens with zero attached hydrogens (tertiary/aromatic N) is 1. The number of halogens is 4. The Kier molecular flexibility index (Phi) is 4.76. The van der Waals surface area contributed by atoms with Gasteiger partial charge in [0.2, 0.25) is 0 Å². The van der Waals surface area contributed by atoms with E-state index in [0.717, 1.165) is 0 Å². The molecule has 3 nitrogen and oxygen atoms in total. The first-order valence-corrected chi connectivity index (χ1v) is 6.92. The van der Waals surface area contributed by atoms with Crippen LogP contribution >= 0.6 is 46.4 Å². The molecule has 0 fully saturated rings. The molecule has 0 aliphatic carbocycles. The molecule has 0 unspecified atom stereocenters. The maximum atomic E-state index is 10.8. The normalized spacial score (nSPS) is 10.6. The van der Waals surface area contributed by atoms with Crippen LogP contribution in [-0.4, -0.2) is 16.1 Å². The maximum Gasteiger partial charge on any atom is 0.307 e. The average Bonchev–Trinajstić information content (AvgIpc) is 2.39. The van der Waals surface area contributed by atoms with Crippen molar-refractivity contribution < 1.29 is 9.90 Å². The van der Waals surface area contributed by atoms with Crippen molar-refractivity contribution in [2.45, 2.75) is 6.42 Å². The second-order valence-corrected chi connectivity index (χ2v) is 5.47. The van der Waals surface area contributed by atoms with Gasteiger partial charge in [0.05, 0.1) is 32.2 Å². The van der Waals surface area contributed by atoms with Crippen LogP contribution < -0.4 is 0 Å². The van der Waals surface area contributed by atoms with Gasteiger partial charge in [0.15, 0.2) is 0 Å². The molecule has 0 saturated carbocycles. The summed E-state index contributed by atoms with van der Waals surface area (Å²) in [4.78, 5) is 14.9. The van der Waals surface area contributed by atoms with E-state index < -0.39 is 5.97 Å². The molecule has 1 heterocycles. The van der Waals surface area contributed by atoms with Crippen LogP contribution in [0.3, 0.4) is 0 Å². The van der Waals surface area contributed by atoms with Gasteiger partial charge in [-0.2, -0.15) is 0 Å². The lowest BCUT2D eigenvalue weighted by Gasteiger charge is -2.10. The molecular formula is C13H7Cl4NO2. The van der Waals surface area contributed by atoms with Crippen LogP contribution in [0, 0.1) is 0 Å². The number of hydrogen-bond donors (Lipinski definition) is 1. The van der Waals surface area contributed by atoms with Crippen molar-refractivity contribution in [2.24, 2.45) is 0 Å². The van der Waals surface area contributed by atoms with Crippen molar-refractivity contribution in [3.8, 4) is 11.3 Å². The summed E-state index contributed by atoms with van der Waals surface area (Å²) in [5.74, 6) is -0.982. The van der Waals surface area contributed by atoms with Gasteiger partial charge in [0, 0.05) is 11.8 Å². The smallest absolute Gasteiger partial charge is 0.307 e. The molecule has 2 aromatic rings. The first-order valence-electron chi connectivity index (χ1n) is 5.41. The van der Waals surface area contributed by atoms with Crippen molar-refractivity contribution in [2.75, 3.05) is 0 Å². The van der Waals surface area contributed by atoms with Crippen LogP contribution in [0.2, 0.25) is 20.1 Å². The standard InChI is InChI=1S/C13H7Cl4NO2/c14-8-2-1-7(11(16)12(8)17)13-10(15)6(3-4-18-13)5-9(19)20/h1-4H,5H2,(H,19,20). The van der Waals surface area contributed by atoms with E-state index in [4.69, 9.17) is 51.5 Å². The van der Waals surface area contributed by atoms with E-state index in [1.54, 1.807) is 18.2 Å². The van der Waals surface area contributed by atoms with Gasteiger partial charge in [0.25, 0.3) is 0 Å². The van der Waals surface area contributed by atoms with Gasteiger partial charge >= 0.3 is 5.97 Å². The van der Waals surface area contributed by atoms with Crippen LogP contribution in [-0.2, 0) is 11.2 Å². The number of hydrogen-bond acceptors (Lipinski definition) is 2. The first-order chi connectivity index (χ1) is 9.41. The van der Waals surface area contributed by atoms with Crippen LogP contribution in [0.4, 0.5) is 0 Å². The number of carboxylic acids is 1. The second-order valence-electron chi connectivity index (χ2n) is 3.93. The Morgan fingerprint density at radius 1 is 1.05 bits per heavy atom. The molecule has 7 heteroatoms. The van der Waals surface area contributed by atoms with E-state index in [0.29, 0.717) is 21.8 Å². The second kappa shape index (κ2) is 6.19. The highest BCUT2D eigenvalue weighted by atomic mass is 35.5. The first kappa shape index (κ1) is 15.4. The number of aromatic nitrogens is 1. The van der Waals surface area contributed by atoms with Crippen molar-refractivity contribution in [3.05, 3.63) is 50.0 Å². The number of carbonyl (C=O) groups is 1. The molecule has 0 aliphatic heterocycles. The Hall–Kier alpha value is -1.000. The third-order valence-corrected chi connectivity index (χ3v) is 4.32. The highest BCUT2D eigenvalue weighted by Gasteiger charge is 2.17. The quantitative estimate of drug-likeness (QED) is 0.793. The summed E-state index contributed by atoms with van der Waals surface area (Å²) >= 11 is 24.2. The molecule has 0 atom stereocenters. The lowest BCUT2D eigenvalue weighted by atomic mass is 10.1. The molecule has 0 aliphatic rings. The maximum absolute atomic E-state index is 10.8. The van der Waals surface area contributed by atoms with Crippen LogP contribution in [0.15, 0.2) is 24.4 Å². The molecule has 1 aromatic heterocycles. The van der Waals surface area contributed by atoms with Crippen molar-refractivity contribution in [3.63, 3.8) is 0 Å². The molecule has 1 N–H and O–H groups in total. The van der Waals surface area contributed by atoms with Crippen LogP contribution in [0.1, 0.15) is 5.56 Å². The Labute approximate surface area is 135 Å². The molecule has 0 saturated heterocycles. The minimum absolute atomic E-state index is 0.201. The number of pyridine rings is 1. The highest BCUT2D eigenvalue weighted by molar-refractivity contribution is 6.49. The molecule has 1 aromatic carbocycles. The zero-order valence-electron chi connectivity index (χ0n) is 9.83. The fourth-order valence-corrected chi connectivity index (χ4v) is 2.59. The van der Waals surface area contributed by atoms with Gasteiger partial charge in [-0.25, -0.2) is 0 Å². The molecule has 0 spiro atoms. The third kappa shape index (κ3) is 3.01.